The van der Waals surface area contributed by atoms with Gasteiger partial charge in [0.15, 0.2) is 0 Å². The molecular formula is C24H22N2O4S. The predicted octanol–water partition coefficient (Wildman–Crippen LogP) is 4.68. The van der Waals surface area contributed by atoms with Crippen LogP contribution in [0.5, 0.6) is 0 Å². The van der Waals surface area contributed by atoms with Crippen LogP contribution in [0.2, 0.25) is 0 Å². The van der Waals surface area contributed by atoms with Crippen molar-refractivity contribution in [1.82, 2.24) is 9.47 Å². The number of hydrogen-bond acceptors (Lipinski definition) is 5. The van der Waals surface area contributed by atoms with Gasteiger partial charge in [0.1, 0.15) is 6.54 Å². The first kappa shape index (κ1) is 20.9. The Labute approximate surface area is 184 Å². The summed E-state index contributed by atoms with van der Waals surface area (Å²) in [5, 5.41) is 0.523. The number of aromatic nitrogens is 1. The Morgan fingerprint density at radius 1 is 1.06 bits per heavy atom. The highest BCUT2D eigenvalue weighted by Gasteiger charge is 2.37. The average molecular weight is 435 g/mol. The predicted molar refractivity (Wildman–Crippen MR) is 121 cm³/mol. The largest absolute Gasteiger partial charge is 0.462 e. The summed E-state index contributed by atoms with van der Waals surface area (Å²) < 4.78 is 7.19. The number of amides is 2. The van der Waals surface area contributed by atoms with Crippen LogP contribution in [-0.4, -0.2) is 39.2 Å². The highest BCUT2D eigenvalue weighted by atomic mass is 32.2. The van der Waals surface area contributed by atoms with E-state index in [-0.39, 0.29) is 12.6 Å². The molecule has 2 heterocycles. The van der Waals surface area contributed by atoms with Crippen LogP contribution in [0.1, 0.15) is 25.0 Å². The molecule has 1 aromatic heterocycles. The monoisotopic (exact) mass is 434 g/mol. The Morgan fingerprint density at radius 3 is 2.52 bits per heavy atom. The molecule has 4 rings (SSSR count). The summed E-state index contributed by atoms with van der Waals surface area (Å²) in [4.78, 5) is 38.3. The van der Waals surface area contributed by atoms with Crippen LogP contribution in [-0.2, 0) is 20.9 Å². The molecular weight excluding hydrogens is 412 g/mol. The molecule has 3 aromatic rings. The highest BCUT2D eigenvalue weighted by Crippen LogP contribution is 2.34. The SMILES string of the molecule is CC(C)OC(=O)CN1C(=O)S/C(=C\c2cn(Cc3ccccc3)c3ccccc23)C1=O. The number of para-hydroxylation sites is 1. The van der Waals surface area contributed by atoms with Crippen molar-refractivity contribution < 1.29 is 19.1 Å². The van der Waals surface area contributed by atoms with Crippen molar-refractivity contribution in [1.29, 1.82) is 0 Å². The number of fused-ring (bicyclic) bond motifs is 1. The molecule has 0 N–H and O–H groups in total. The van der Waals surface area contributed by atoms with Gasteiger partial charge in [-0.05, 0) is 43.3 Å². The van der Waals surface area contributed by atoms with Crippen molar-refractivity contribution in [2.45, 2.75) is 26.5 Å². The van der Waals surface area contributed by atoms with Crippen LogP contribution < -0.4 is 0 Å². The van der Waals surface area contributed by atoms with E-state index in [1.165, 1.54) is 5.56 Å². The third kappa shape index (κ3) is 4.56. The fourth-order valence-electron chi connectivity index (χ4n) is 3.51. The summed E-state index contributed by atoms with van der Waals surface area (Å²) in [5.74, 6) is -1.08. The van der Waals surface area contributed by atoms with E-state index in [4.69, 9.17) is 4.74 Å². The normalized spacial score (nSPS) is 15.5. The van der Waals surface area contributed by atoms with E-state index in [0.29, 0.717) is 11.4 Å². The van der Waals surface area contributed by atoms with Crippen LogP contribution in [0.3, 0.4) is 0 Å². The summed E-state index contributed by atoms with van der Waals surface area (Å²) in [6, 6.07) is 18.1. The zero-order chi connectivity index (χ0) is 22.0. The van der Waals surface area contributed by atoms with E-state index >= 15 is 0 Å². The van der Waals surface area contributed by atoms with Gasteiger partial charge >= 0.3 is 5.97 Å². The summed E-state index contributed by atoms with van der Waals surface area (Å²) in [5.41, 5.74) is 3.05. The van der Waals surface area contributed by atoms with E-state index in [1.807, 2.05) is 48.7 Å². The molecule has 2 aromatic carbocycles. The quantitative estimate of drug-likeness (QED) is 0.416. The van der Waals surface area contributed by atoms with Crippen molar-refractivity contribution >= 4 is 45.9 Å². The van der Waals surface area contributed by atoms with E-state index in [1.54, 1.807) is 19.9 Å². The number of rotatable bonds is 6. The number of benzene rings is 2. The number of ether oxygens (including phenoxy) is 1. The number of carbonyl (C=O) groups is 3. The first-order chi connectivity index (χ1) is 14.9. The lowest BCUT2D eigenvalue weighted by Crippen LogP contribution is -2.35. The van der Waals surface area contributed by atoms with Gasteiger partial charge in [-0.25, -0.2) is 0 Å². The van der Waals surface area contributed by atoms with E-state index in [9.17, 15) is 14.4 Å². The van der Waals surface area contributed by atoms with Crippen LogP contribution in [0, 0.1) is 0 Å². The van der Waals surface area contributed by atoms with Crippen molar-refractivity contribution in [3.63, 3.8) is 0 Å². The molecule has 0 saturated carbocycles. The number of imide groups is 1. The lowest BCUT2D eigenvalue weighted by molar-refractivity contribution is -0.149. The van der Waals surface area contributed by atoms with Gasteiger partial charge in [-0.3, -0.25) is 19.3 Å². The first-order valence-electron chi connectivity index (χ1n) is 9.99. The summed E-state index contributed by atoms with van der Waals surface area (Å²) in [7, 11) is 0. The number of esters is 1. The maximum Gasteiger partial charge on any atom is 0.326 e. The lowest BCUT2D eigenvalue weighted by Gasteiger charge is -2.13. The molecule has 0 atom stereocenters. The summed E-state index contributed by atoms with van der Waals surface area (Å²) in [6.45, 7) is 3.75. The molecule has 2 amide bonds. The molecule has 0 bridgehead atoms. The molecule has 158 valence electrons. The molecule has 1 fully saturated rings. The Kier molecular flexibility index (Phi) is 5.95. The van der Waals surface area contributed by atoms with Gasteiger partial charge in [0.25, 0.3) is 11.1 Å². The van der Waals surface area contributed by atoms with Gasteiger partial charge in [0, 0.05) is 29.2 Å². The smallest absolute Gasteiger partial charge is 0.326 e. The van der Waals surface area contributed by atoms with Gasteiger partial charge in [0.2, 0.25) is 0 Å². The molecule has 1 aliphatic rings. The Bertz CT molecular complexity index is 1180. The summed E-state index contributed by atoms with van der Waals surface area (Å²) >= 11 is 0.841. The Morgan fingerprint density at radius 2 is 1.77 bits per heavy atom. The maximum atomic E-state index is 12.8. The van der Waals surface area contributed by atoms with E-state index in [0.717, 1.165) is 33.1 Å². The average Bonchev–Trinajstić information content (AvgIpc) is 3.21. The van der Waals surface area contributed by atoms with Gasteiger partial charge in [0.05, 0.1) is 11.0 Å². The molecule has 6 nitrogen and oxygen atoms in total. The van der Waals surface area contributed by atoms with Crippen molar-refractivity contribution in [2.24, 2.45) is 0 Å². The molecule has 31 heavy (non-hydrogen) atoms. The number of thioether (sulfide) groups is 1. The fraction of sp³-hybridized carbons (Fsp3) is 0.208. The minimum absolute atomic E-state index is 0.296. The van der Waals surface area contributed by atoms with Crippen LogP contribution in [0.25, 0.3) is 17.0 Å². The molecule has 0 spiro atoms. The Balaban J connectivity index is 1.63. The van der Waals surface area contributed by atoms with Crippen LogP contribution in [0.15, 0.2) is 65.7 Å². The van der Waals surface area contributed by atoms with Crippen molar-refractivity contribution in [3.8, 4) is 0 Å². The highest BCUT2D eigenvalue weighted by molar-refractivity contribution is 8.18. The minimum Gasteiger partial charge on any atom is -0.462 e. The van der Waals surface area contributed by atoms with Gasteiger partial charge in [-0.15, -0.1) is 0 Å². The Hall–Kier alpha value is -3.32. The standard InChI is InChI=1S/C24H22N2O4S/c1-16(2)30-22(27)15-26-23(28)21(31-24(26)29)12-18-14-25(13-17-8-4-3-5-9-17)20-11-7-6-10-19(18)20/h3-12,14,16H,13,15H2,1-2H3/b21-12-. The third-order valence-electron chi connectivity index (χ3n) is 4.83. The topological polar surface area (TPSA) is 68.6 Å². The van der Waals surface area contributed by atoms with Gasteiger partial charge in [-0.1, -0.05) is 48.5 Å². The summed E-state index contributed by atoms with van der Waals surface area (Å²) in [6.07, 6.45) is 3.40. The zero-order valence-electron chi connectivity index (χ0n) is 17.3. The molecule has 0 radical (unpaired) electrons. The second kappa shape index (κ2) is 8.81. The second-order valence-electron chi connectivity index (χ2n) is 7.52. The number of nitrogens with zero attached hydrogens (tertiary/aromatic N) is 2. The van der Waals surface area contributed by atoms with E-state index in [2.05, 4.69) is 16.7 Å². The first-order valence-corrected chi connectivity index (χ1v) is 10.8. The number of carbonyl (C=O) groups excluding carboxylic acids is 3. The zero-order valence-corrected chi connectivity index (χ0v) is 18.1. The second-order valence-corrected chi connectivity index (χ2v) is 8.51. The maximum absolute atomic E-state index is 12.8. The van der Waals surface area contributed by atoms with E-state index < -0.39 is 17.1 Å². The molecule has 0 aliphatic carbocycles. The minimum atomic E-state index is -0.599. The van der Waals surface area contributed by atoms with Crippen molar-refractivity contribution in [2.75, 3.05) is 6.54 Å². The molecule has 1 aliphatic heterocycles. The molecule has 1 saturated heterocycles. The molecule has 7 heteroatoms. The molecule has 0 unspecified atom stereocenters. The van der Waals surface area contributed by atoms with Gasteiger partial charge < -0.3 is 9.30 Å². The third-order valence-corrected chi connectivity index (χ3v) is 5.74. The van der Waals surface area contributed by atoms with Crippen LogP contribution >= 0.6 is 11.8 Å². The van der Waals surface area contributed by atoms with Crippen LogP contribution in [0.4, 0.5) is 4.79 Å². The van der Waals surface area contributed by atoms with Gasteiger partial charge in [-0.2, -0.15) is 0 Å². The number of hydrogen-bond donors (Lipinski definition) is 0. The van der Waals surface area contributed by atoms with Crippen molar-refractivity contribution in [3.05, 3.63) is 76.8 Å². The fourth-order valence-corrected chi connectivity index (χ4v) is 4.34. The lowest BCUT2D eigenvalue weighted by atomic mass is 10.1.